The monoisotopic (exact) mass is 267 g/mol. The van der Waals surface area contributed by atoms with Crippen molar-refractivity contribution in [1.29, 1.82) is 0 Å². The number of hydrogen-bond donors (Lipinski definition) is 1. The summed E-state index contributed by atoms with van der Waals surface area (Å²) in [6.45, 7) is 0. The highest BCUT2D eigenvalue weighted by Gasteiger charge is 2.13. The lowest BCUT2D eigenvalue weighted by Gasteiger charge is -1.93. The zero-order chi connectivity index (χ0) is 21.8. The topological polar surface area (TPSA) is 28.9 Å². The lowest BCUT2D eigenvalue weighted by Crippen LogP contribution is -1.69. The molecule has 0 unspecified atom stereocenters. The molecule has 0 aliphatic rings. The fourth-order valence-corrected chi connectivity index (χ4v) is 2.47. The molecule has 2 nitrogen and oxygen atoms in total. The number of benzene rings is 3. The van der Waals surface area contributed by atoms with Crippen molar-refractivity contribution in [2.24, 2.45) is 0 Å². The number of para-hydroxylation sites is 2. The Hall–Kier alpha value is -2.74. The van der Waals surface area contributed by atoms with Crippen LogP contribution in [0.5, 0.6) is 0 Å². The van der Waals surface area contributed by atoms with Gasteiger partial charge in [0.2, 0.25) is 0 Å². The first-order valence-electron chi connectivity index (χ1n) is 10.9. The normalized spacial score (nSPS) is 19.0. The van der Waals surface area contributed by atoms with Crippen molar-refractivity contribution in [3.05, 3.63) is 60.4 Å². The van der Waals surface area contributed by atoms with Gasteiger partial charge < -0.3 is 9.40 Å². The zero-order valence-corrected chi connectivity index (χ0v) is 9.91. The Morgan fingerprint density at radius 2 is 1.55 bits per heavy atom. The van der Waals surface area contributed by atoms with E-state index in [0.717, 1.165) is 0 Å². The van der Waals surface area contributed by atoms with Gasteiger partial charge in [0.25, 0.3) is 0 Å². The van der Waals surface area contributed by atoms with Crippen molar-refractivity contribution in [1.82, 2.24) is 4.98 Å². The molecule has 5 rings (SSSR count). The molecule has 1 N–H and O–H groups in total. The van der Waals surface area contributed by atoms with Crippen LogP contribution in [0.25, 0.3) is 43.7 Å². The van der Waals surface area contributed by atoms with Crippen LogP contribution < -0.4 is 0 Å². The van der Waals surface area contributed by atoms with E-state index in [1.54, 1.807) is 0 Å². The largest absolute Gasteiger partial charge is 0.455 e. The molecule has 0 radical (unpaired) electrons. The van der Waals surface area contributed by atoms with Crippen molar-refractivity contribution in [3.63, 3.8) is 0 Å². The average Bonchev–Trinajstić information content (AvgIpc) is 3.31. The molecule has 0 saturated carbocycles. The first kappa shape index (κ1) is 4.67. The number of furan rings is 1. The smallest absolute Gasteiger partial charge is 0.145 e. The van der Waals surface area contributed by atoms with Gasteiger partial charge in [-0.05, 0) is 24.2 Å². The van der Waals surface area contributed by atoms with Gasteiger partial charge in [0.05, 0.1) is 24.6 Å². The summed E-state index contributed by atoms with van der Waals surface area (Å²) in [7, 11) is 0. The molecule has 0 aliphatic heterocycles. The van der Waals surface area contributed by atoms with Crippen LogP contribution in [0.1, 0.15) is 13.7 Å². The molecule has 0 bridgehead atoms. The maximum absolute atomic E-state index is 8.44. The molecule has 2 heteroatoms. The molecule has 3 aromatic carbocycles. The van der Waals surface area contributed by atoms with Gasteiger partial charge in [-0.1, -0.05) is 36.3 Å². The highest BCUT2D eigenvalue weighted by Crippen LogP contribution is 2.37. The molecule has 0 aliphatic carbocycles. The molecule has 0 atom stereocenters. The first-order chi connectivity index (χ1) is 14.1. The van der Waals surface area contributed by atoms with Crippen molar-refractivity contribution >= 4 is 43.7 Å². The summed E-state index contributed by atoms with van der Waals surface area (Å²) in [5.41, 5.74) is -0.0731. The third-order valence-corrected chi connectivity index (χ3v) is 3.31. The summed E-state index contributed by atoms with van der Waals surface area (Å²) in [6, 6.07) is -4.06. The van der Waals surface area contributed by atoms with E-state index in [4.69, 9.17) is 18.1 Å². The minimum Gasteiger partial charge on any atom is -0.455 e. The predicted octanol–water partition coefficient (Wildman–Crippen LogP) is 5.22. The zero-order valence-electron chi connectivity index (χ0n) is 19.9. The molecule has 2 heterocycles. The number of rotatable bonds is 0. The summed E-state index contributed by atoms with van der Waals surface area (Å²) < 4.78 is 87.1. The van der Waals surface area contributed by atoms with E-state index in [2.05, 4.69) is 4.98 Å². The maximum Gasteiger partial charge on any atom is 0.145 e. The molecule has 0 spiro atoms. The van der Waals surface area contributed by atoms with E-state index in [9.17, 15) is 0 Å². The Morgan fingerprint density at radius 3 is 2.50 bits per heavy atom. The quantitative estimate of drug-likeness (QED) is 0.409. The fourth-order valence-electron chi connectivity index (χ4n) is 2.47. The van der Waals surface area contributed by atoms with E-state index < -0.39 is 36.3 Å². The van der Waals surface area contributed by atoms with Crippen LogP contribution in [0.2, 0.25) is 0 Å². The highest BCUT2D eigenvalue weighted by atomic mass is 16.3. The van der Waals surface area contributed by atoms with Crippen molar-refractivity contribution < 1.29 is 18.1 Å². The van der Waals surface area contributed by atoms with Gasteiger partial charge in [-0.3, -0.25) is 0 Å². The Morgan fingerprint density at radius 1 is 0.750 bits per heavy atom. The van der Waals surface area contributed by atoms with Gasteiger partial charge in [0.15, 0.2) is 0 Å². The molecule has 5 aromatic rings. The average molecular weight is 267 g/mol. The predicted molar refractivity (Wildman–Crippen MR) is 83.1 cm³/mol. The first-order valence-corrected chi connectivity index (χ1v) is 5.91. The lowest BCUT2D eigenvalue weighted by atomic mass is 10.1. The van der Waals surface area contributed by atoms with Crippen molar-refractivity contribution in [2.75, 3.05) is 0 Å². The van der Waals surface area contributed by atoms with Crippen LogP contribution in [0.15, 0.2) is 64.8 Å². The van der Waals surface area contributed by atoms with E-state index in [0.29, 0.717) is 0 Å². The van der Waals surface area contributed by atoms with Crippen LogP contribution >= 0.6 is 0 Å². The summed E-state index contributed by atoms with van der Waals surface area (Å²) >= 11 is 0. The minimum atomic E-state index is -0.499. The van der Waals surface area contributed by atoms with Crippen molar-refractivity contribution in [3.8, 4) is 0 Å². The molecule has 0 amide bonds. The van der Waals surface area contributed by atoms with Crippen LogP contribution in [0, 0.1) is 0 Å². The van der Waals surface area contributed by atoms with Gasteiger partial charge in [0.1, 0.15) is 11.2 Å². The summed E-state index contributed by atoms with van der Waals surface area (Å²) in [4.78, 5) is 2.81. The van der Waals surface area contributed by atoms with Gasteiger partial charge in [-0.25, -0.2) is 0 Å². The molecule has 20 heavy (non-hydrogen) atoms. The number of aromatic amines is 1. The SMILES string of the molecule is [2H]c1c([2H])c([2H])c2c([nH]c3c([2H])c([2H])c4c(oc5c([2H])c([2H])c([2H])c([2H])c54)c32)c1[2H]. The van der Waals surface area contributed by atoms with E-state index in [-0.39, 0.29) is 67.9 Å². The van der Waals surface area contributed by atoms with Crippen molar-refractivity contribution in [2.45, 2.75) is 0 Å². The number of fused-ring (bicyclic) bond motifs is 7. The van der Waals surface area contributed by atoms with E-state index in [1.165, 1.54) is 0 Å². The van der Waals surface area contributed by atoms with Crippen LogP contribution in [-0.2, 0) is 0 Å². The highest BCUT2D eigenvalue weighted by molar-refractivity contribution is 6.22. The number of aromatic nitrogens is 1. The fraction of sp³-hybridized carbons (Fsp3) is 0. The number of nitrogens with one attached hydrogen (secondary N) is 1. The molecule has 0 fully saturated rings. The maximum atomic E-state index is 8.44. The number of hydrogen-bond acceptors (Lipinski definition) is 1. The van der Waals surface area contributed by atoms with Crippen LogP contribution in [-0.4, -0.2) is 4.98 Å². The third-order valence-electron chi connectivity index (χ3n) is 3.31. The minimum absolute atomic E-state index is 0.00260. The standard InChI is InChI=1S/C18H11NO/c1-3-7-14-13(6-1)17-15(19-14)10-9-12-11-5-2-4-8-16(11)20-18(12)17/h1-10,19H/i1D,2D,3D,4D,5D,6D,7D,8D,9D,10D. The summed E-state index contributed by atoms with van der Waals surface area (Å²) in [5, 5.41) is 0.180. The molecular weight excluding hydrogens is 246 g/mol. The number of H-pyrrole nitrogens is 1. The molecule has 2 aromatic heterocycles. The van der Waals surface area contributed by atoms with Crippen LogP contribution in [0.4, 0.5) is 0 Å². The molecule has 94 valence electrons. The van der Waals surface area contributed by atoms with E-state index >= 15 is 0 Å². The second-order valence-corrected chi connectivity index (χ2v) is 4.39. The van der Waals surface area contributed by atoms with Gasteiger partial charge in [-0.2, -0.15) is 0 Å². The Bertz CT molecular complexity index is 1600. The Balaban J connectivity index is 2.20. The molecule has 0 saturated heterocycles. The summed E-state index contributed by atoms with van der Waals surface area (Å²) in [6.07, 6.45) is 0. The van der Waals surface area contributed by atoms with Gasteiger partial charge in [0, 0.05) is 21.7 Å². The Labute approximate surface area is 128 Å². The van der Waals surface area contributed by atoms with Crippen LogP contribution in [0.3, 0.4) is 0 Å². The van der Waals surface area contributed by atoms with E-state index in [1.807, 2.05) is 0 Å². The third kappa shape index (κ3) is 1.14. The Kier molecular flexibility index (Phi) is 0.799. The van der Waals surface area contributed by atoms with Gasteiger partial charge in [-0.15, -0.1) is 0 Å². The molecular formula is C18H11NO. The summed E-state index contributed by atoms with van der Waals surface area (Å²) in [5.74, 6) is 0. The lowest BCUT2D eigenvalue weighted by molar-refractivity contribution is 0.673. The van der Waals surface area contributed by atoms with Gasteiger partial charge >= 0.3 is 0 Å². The second kappa shape index (κ2) is 3.42. The second-order valence-electron chi connectivity index (χ2n) is 4.39.